The lowest BCUT2D eigenvalue weighted by molar-refractivity contribution is -0.159. The summed E-state index contributed by atoms with van der Waals surface area (Å²) in [7, 11) is 0. The Bertz CT molecular complexity index is 537. The van der Waals surface area contributed by atoms with E-state index in [-0.39, 0.29) is 12.6 Å². The number of benzene rings is 2. The smallest absolute Gasteiger partial charge is 0.340 e. The number of carbonyl (C=O) groups is 1. The number of ether oxygens (including phenoxy) is 2. The summed E-state index contributed by atoms with van der Waals surface area (Å²) in [6.45, 7) is 2.80. The fourth-order valence-electron chi connectivity index (χ4n) is 1.97. The van der Waals surface area contributed by atoms with Crippen molar-refractivity contribution in [2.75, 3.05) is 6.61 Å². The van der Waals surface area contributed by atoms with Crippen molar-refractivity contribution in [2.24, 2.45) is 0 Å². The second-order valence-corrected chi connectivity index (χ2v) is 4.75. The van der Waals surface area contributed by atoms with Crippen molar-refractivity contribution in [2.45, 2.75) is 26.1 Å². The maximum absolute atomic E-state index is 12.3. The Morgan fingerprint density at radius 1 is 1.00 bits per heavy atom. The van der Waals surface area contributed by atoms with Gasteiger partial charge in [0.05, 0.1) is 0 Å². The molecule has 0 radical (unpaired) electrons. The van der Waals surface area contributed by atoms with E-state index in [1.807, 2.05) is 67.6 Å². The first-order valence-corrected chi connectivity index (χ1v) is 7.18. The molecule has 0 spiro atoms. The molecule has 2 aromatic rings. The van der Waals surface area contributed by atoms with Crippen molar-refractivity contribution in [3.05, 3.63) is 71.8 Å². The highest BCUT2D eigenvalue weighted by Gasteiger charge is 2.22. The lowest BCUT2D eigenvalue weighted by atomic mass is 10.1. The predicted octanol–water partition coefficient (Wildman–Crippen LogP) is 3.90. The molecule has 0 aliphatic carbocycles. The number of rotatable bonds is 7. The molecule has 0 amide bonds. The first-order valence-electron chi connectivity index (χ1n) is 7.18. The normalized spacial score (nSPS) is 11.9. The zero-order valence-corrected chi connectivity index (χ0v) is 12.2. The summed E-state index contributed by atoms with van der Waals surface area (Å²) in [5.74, 6) is -0.349. The van der Waals surface area contributed by atoms with Crippen molar-refractivity contribution in [3.8, 4) is 0 Å². The fourth-order valence-corrected chi connectivity index (χ4v) is 1.97. The van der Waals surface area contributed by atoms with Gasteiger partial charge in [0.2, 0.25) is 0 Å². The SMILES string of the molecule is CCCOC(C(=O)OCc1ccccc1)c1ccccc1. The summed E-state index contributed by atoms with van der Waals surface area (Å²) in [5, 5.41) is 0. The van der Waals surface area contributed by atoms with Gasteiger partial charge in [-0.25, -0.2) is 4.79 Å². The average Bonchev–Trinajstić information content (AvgIpc) is 2.55. The van der Waals surface area contributed by atoms with Crippen LogP contribution < -0.4 is 0 Å². The van der Waals surface area contributed by atoms with E-state index in [0.717, 1.165) is 17.5 Å². The Morgan fingerprint density at radius 3 is 2.24 bits per heavy atom. The number of carbonyl (C=O) groups excluding carboxylic acids is 1. The summed E-state index contributed by atoms with van der Waals surface area (Å²) >= 11 is 0. The average molecular weight is 284 g/mol. The van der Waals surface area contributed by atoms with Crippen LogP contribution in [0.15, 0.2) is 60.7 Å². The van der Waals surface area contributed by atoms with Crippen LogP contribution in [0.3, 0.4) is 0 Å². The van der Waals surface area contributed by atoms with E-state index < -0.39 is 6.10 Å². The number of hydrogen-bond donors (Lipinski definition) is 0. The molecule has 0 saturated heterocycles. The van der Waals surface area contributed by atoms with E-state index in [9.17, 15) is 4.79 Å². The molecule has 110 valence electrons. The van der Waals surface area contributed by atoms with E-state index in [1.165, 1.54) is 0 Å². The van der Waals surface area contributed by atoms with Gasteiger partial charge in [-0.3, -0.25) is 0 Å². The molecule has 2 rings (SSSR count). The maximum Gasteiger partial charge on any atom is 0.340 e. The molecule has 0 aliphatic rings. The molecule has 3 heteroatoms. The van der Waals surface area contributed by atoms with Crippen molar-refractivity contribution in [1.82, 2.24) is 0 Å². The number of esters is 1. The van der Waals surface area contributed by atoms with E-state index >= 15 is 0 Å². The van der Waals surface area contributed by atoms with Crippen molar-refractivity contribution in [3.63, 3.8) is 0 Å². The highest BCUT2D eigenvalue weighted by molar-refractivity contribution is 5.76. The molecule has 0 saturated carbocycles. The predicted molar refractivity (Wildman–Crippen MR) is 81.7 cm³/mol. The molecule has 2 aromatic carbocycles. The van der Waals surface area contributed by atoms with Gasteiger partial charge in [-0.05, 0) is 17.5 Å². The monoisotopic (exact) mass is 284 g/mol. The van der Waals surface area contributed by atoms with Crippen LogP contribution >= 0.6 is 0 Å². The van der Waals surface area contributed by atoms with Gasteiger partial charge in [-0.15, -0.1) is 0 Å². The van der Waals surface area contributed by atoms with Crippen molar-refractivity contribution >= 4 is 5.97 Å². The fraction of sp³-hybridized carbons (Fsp3) is 0.278. The third kappa shape index (κ3) is 4.72. The molecule has 0 aliphatic heterocycles. The summed E-state index contributed by atoms with van der Waals surface area (Å²) in [6, 6.07) is 19.1. The Balaban J connectivity index is 2.01. The van der Waals surface area contributed by atoms with Crippen LogP contribution in [0, 0.1) is 0 Å². The van der Waals surface area contributed by atoms with Gasteiger partial charge in [-0.2, -0.15) is 0 Å². The van der Waals surface area contributed by atoms with Gasteiger partial charge in [0.1, 0.15) is 6.61 Å². The van der Waals surface area contributed by atoms with Crippen molar-refractivity contribution in [1.29, 1.82) is 0 Å². The van der Waals surface area contributed by atoms with Crippen molar-refractivity contribution < 1.29 is 14.3 Å². The lowest BCUT2D eigenvalue weighted by Crippen LogP contribution is -2.19. The topological polar surface area (TPSA) is 35.5 Å². The quantitative estimate of drug-likeness (QED) is 0.723. The van der Waals surface area contributed by atoms with Crippen LogP contribution in [0.4, 0.5) is 0 Å². The summed E-state index contributed by atoms with van der Waals surface area (Å²) in [5.41, 5.74) is 1.79. The summed E-state index contributed by atoms with van der Waals surface area (Å²) in [4.78, 5) is 12.3. The minimum Gasteiger partial charge on any atom is -0.459 e. The second-order valence-electron chi connectivity index (χ2n) is 4.75. The van der Waals surface area contributed by atoms with Gasteiger partial charge >= 0.3 is 5.97 Å². The zero-order chi connectivity index (χ0) is 14.9. The van der Waals surface area contributed by atoms with Gasteiger partial charge < -0.3 is 9.47 Å². The largest absolute Gasteiger partial charge is 0.459 e. The van der Waals surface area contributed by atoms with E-state index in [2.05, 4.69) is 0 Å². The van der Waals surface area contributed by atoms with Crippen LogP contribution in [0.5, 0.6) is 0 Å². The third-order valence-electron chi connectivity index (χ3n) is 3.03. The molecule has 0 aromatic heterocycles. The van der Waals surface area contributed by atoms with Gasteiger partial charge in [0.15, 0.2) is 6.10 Å². The Hall–Kier alpha value is -2.13. The summed E-state index contributed by atoms with van der Waals surface area (Å²) in [6.07, 6.45) is 0.199. The molecule has 0 heterocycles. The zero-order valence-electron chi connectivity index (χ0n) is 12.2. The minimum absolute atomic E-state index is 0.262. The van der Waals surface area contributed by atoms with Gasteiger partial charge in [-0.1, -0.05) is 67.6 Å². The standard InChI is InChI=1S/C18H20O3/c1-2-13-20-17(16-11-7-4-8-12-16)18(19)21-14-15-9-5-3-6-10-15/h3-12,17H,2,13-14H2,1H3. The Labute approximate surface area is 125 Å². The van der Waals surface area contributed by atoms with Crippen LogP contribution in [0.1, 0.15) is 30.6 Å². The molecule has 3 nitrogen and oxygen atoms in total. The van der Waals surface area contributed by atoms with E-state index in [1.54, 1.807) is 0 Å². The molecule has 0 bridgehead atoms. The van der Waals surface area contributed by atoms with Gasteiger partial charge in [0.25, 0.3) is 0 Å². The molecule has 0 fully saturated rings. The molecule has 1 unspecified atom stereocenters. The highest BCUT2D eigenvalue weighted by Crippen LogP contribution is 2.20. The van der Waals surface area contributed by atoms with Gasteiger partial charge in [0, 0.05) is 6.61 Å². The molecule has 21 heavy (non-hydrogen) atoms. The molecular formula is C18H20O3. The maximum atomic E-state index is 12.3. The van der Waals surface area contributed by atoms with Crippen LogP contribution in [0.2, 0.25) is 0 Å². The lowest BCUT2D eigenvalue weighted by Gasteiger charge is -2.17. The summed E-state index contributed by atoms with van der Waals surface area (Å²) < 4.78 is 11.0. The molecule has 0 N–H and O–H groups in total. The van der Waals surface area contributed by atoms with Crippen LogP contribution in [-0.4, -0.2) is 12.6 Å². The van der Waals surface area contributed by atoms with E-state index in [4.69, 9.17) is 9.47 Å². The van der Waals surface area contributed by atoms with Crippen LogP contribution in [-0.2, 0) is 20.9 Å². The molecular weight excluding hydrogens is 264 g/mol. The number of hydrogen-bond acceptors (Lipinski definition) is 3. The Kier molecular flexibility index (Phi) is 5.98. The van der Waals surface area contributed by atoms with Crippen LogP contribution in [0.25, 0.3) is 0 Å². The first-order chi connectivity index (χ1) is 10.3. The second kappa shape index (κ2) is 8.22. The first kappa shape index (κ1) is 15.3. The minimum atomic E-state index is -0.658. The highest BCUT2D eigenvalue weighted by atomic mass is 16.6. The Morgan fingerprint density at radius 2 is 1.62 bits per heavy atom. The molecule has 1 atom stereocenters. The third-order valence-corrected chi connectivity index (χ3v) is 3.03. The van der Waals surface area contributed by atoms with E-state index in [0.29, 0.717) is 6.61 Å².